The second kappa shape index (κ2) is 7.20. The van der Waals surface area contributed by atoms with Crippen LogP contribution in [0.3, 0.4) is 0 Å². The Morgan fingerprint density at radius 1 is 0.969 bits per heavy atom. The molecule has 6 rings (SSSR count). The van der Waals surface area contributed by atoms with Crippen molar-refractivity contribution < 1.29 is 4.79 Å². The van der Waals surface area contributed by atoms with Crippen LogP contribution < -0.4 is 4.90 Å². The second-order valence-corrected chi connectivity index (χ2v) is 8.29. The number of nitrogens with zero attached hydrogens (tertiary/aromatic N) is 6. The molecule has 2 aromatic heterocycles. The SMILES string of the molecule is N#Cc1ccc(-c2cc3n(c2)Cc2cc(N4CCC(=O)CC4)ccc2-n2cnnc2-3)cc1. The number of ketones is 1. The quantitative estimate of drug-likeness (QED) is 0.434. The van der Waals surface area contributed by atoms with Crippen LogP contribution in [-0.4, -0.2) is 38.2 Å². The van der Waals surface area contributed by atoms with Crippen LogP contribution in [0.15, 0.2) is 61.1 Å². The van der Waals surface area contributed by atoms with E-state index in [1.807, 2.05) is 28.8 Å². The molecule has 2 aromatic carbocycles. The van der Waals surface area contributed by atoms with E-state index in [1.54, 1.807) is 6.33 Å². The lowest BCUT2D eigenvalue weighted by Gasteiger charge is -2.29. The first-order chi connectivity index (χ1) is 15.7. The van der Waals surface area contributed by atoms with Gasteiger partial charge in [0.1, 0.15) is 12.1 Å². The first-order valence-corrected chi connectivity index (χ1v) is 10.7. The summed E-state index contributed by atoms with van der Waals surface area (Å²) >= 11 is 0. The number of aromatic nitrogens is 4. The summed E-state index contributed by atoms with van der Waals surface area (Å²) in [6, 6.07) is 18.4. The molecule has 0 aliphatic carbocycles. The van der Waals surface area contributed by atoms with Gasteiger partial charge < -0.3 is 9.47 Å². The Morgan fingerprint density at radius 3 is 2.56 bits per heavy atom. The molecule has 0 N–H and O–H groups in total. The summed E-state index contributed by atoms with van der Waals surface area (Å²) < 4.78 is 4.25. The van der Waals surface area contributed by atoms with Crippen LogP contribution in [0.5, 0.6) is 0 Å². The predicted molar refractivity (Wildman–Crippen MR) is 120 cm³/mol. The lowest BCUT2D eigenvalue weighted by Crippen LogP contribution is -2.33. The Labute approximate surface area is 185 Å². The van der Waals surface area contributed by atoms with Crippen molar-refractivity contribution in [2.24, 2.45) is 0 Å². The number of hydrogen-bond acceptors (Lipinski definition) is 5. The van der Waals surface area contributed by atoms with E-state index in [9.17, 15) is 4.79 Å². The molecule has 32 heavy (non-hydrogen) atoms. The van der Waals surface area contributed by atoms with E-state index in [4.69, 9.17) is 5.26 Å². The molecule has 7 nitrogen and oxygen atoms in total. The molecule has 2 aliphatic rings. The van der Waals surface area contributed by atoms with Gasteiger partial charge >= 0.3 is 0 Å². The standard InChI is InChI=1S/C25H20N6O/c26-13-17-1-3-18(4-2-17)19-12-24-25-28-27-16-31(25)23-6-5-21(11-20(23)15-30(24)14-19)29-9-7-22(32)8-10-29/h1-6,11-12,14,16H,7-10,15H2. The van der Waals surface area contributed by atoms with Crippen LogP contribution in [0.4, 0.5) is 5.69 Å². The molecular weight excluding hydrogens is 400 g/mol. The monoisotopic (exact) mass is 420 g/mol. The van der Waals surface area contributed by atoms with Gasteiger partial charge in [0.2, 0.25) is 0 Å². The van der Waals surface area contributed by atoms with Crippen molar-refractivity contribution in [3.63, 3.8) is 0 Å². The third-order valence-electron chi connectivity index (χ3n) is 6.37. The van der Waals surface area contributed by atoms with Crippen molar-refractivity contribution in [1.29, 1.82) is 5.26 Å². The molecule has 4 heterocycles. The van der Waals surface area contributed by atoms with Gasteiger partial charge in [-0.25, -0.2) is 0 Å². The van der Waals surface area contributed by atoms with E-state index in [0.717, 1.165) is 47.1 Å². The van der Waals surface area contributed by atoms with Crippen molar-refractivity contribution in [3.8, 4) is 34.4 Å². The zero-order valence-electron chi connectivity index (χ0n) is 17.4. The van der Waals surface area contributed by atoms with E-state index in [-0.39, 0.29) is 0 Å². The first kappa shape index (κ1) is 18.6. The van der Waals surface area contributed by atoms with Crippen molar-refractivity contribution >= 4 is 11.5 Å². The second-order valence-electron chi connectivity index (χ2n) is 8.29. The molecular formula is C25H20N6O. The Hall–Kier alpha value is -4.18. The lowest BCUT2D eigenvalue weighted by molar-refractivity contribution is -0.119. The van der Waals surface area contributed by atoms with Crippen LogP contribution in [0.1, 0.15) is 24.0 Å². The Bertz CT molecular complexity index is 1380. The highest BCUT2D eigenvalue weighted by Gasteiger charge is 2.23. The van der Waals surface area contributed by atoms with Gasteiger partial charge in [0.25, 0.3) is 0 Å². The van der Waals surface area contributed by atoms with Crippen LogP contribution in [0, 0.1) is 11.3 Å². The topological polar surface area (TPSA) is 79.7 Å². The number of rotatable bonds is 2. The summed E-state index contributed by atoms with van der Waals surface area (Å²) in [7, 11) is 0. The fourth-order valence-electron chi connectivity index (χ4n) is 4.64. The Balaban J connectivity index is 1.42. The maximum absolute atomic E-state index is 11.7. The number of carbonyl (C=O) groups excluding carboxylic acids is 1. The number of hydrogen-bond donors (Lipinski definition) is 0. The van der Waals surface area contributed by atoms with E-state index >= 15 is 0 Å². The van der Waals surface area contributed by atoms with Gasteiger partial charge in [-0.1, -0.05) is 12.1 Å². The van der Waals surface area contributed by atoms with Crippen LogP contribution in [-0.2, 0) is 11.3 Å². The zero-order valence-corrected chi connectivity index (χ0v) is 17.4. The lowest BCUT2D eigenvalue weighted by atomic mass is 10.1. The van der Waals surface area contributed by atoms with Gasteiger partial charge in [-0.15, -0.1) is 10.2 Å². The minimum Gasteiger partial charge on any atom is -0.371 e. The molecule has 0 atom stereocenters. The summed E-state index contributed by atoms with van der Waals surface area (Å²) in [5, 5.41) is 17.7. The Morgan fingerprint density at radius 2 is 1.78 bits per heavy atom. The highest BCUT2D eigenvalue weighted by molar-refractivity contribution is 5.81. The number of benzene rings is 2. The Kier molecular flexibility index (Phi) is 4.18. The van der Waals surface area contributed by atoms with Crippen molar-refractivity contribution in [1.82, 2.24) is 19.3 Å². The largest absolute Gasteiger partial charge is 0.371 e. The smallest absolute Gasteiger partial charge is 0.185 e. The molecule has 2 aliphatic heterocycles. The molecule has 0 amide bonds. The molecule has 156 valence electrons. The van der Waals surface area contributed by atoms with E-state index < -0.39 is 0 Å². The van der Waals surface area contributed by atoms with Crippen molar-refractivity contribution in [2.75, 3.05) is 18.0 Å². The van der Waals surface area contributed by atoms with Gasteiger partial charge in [-0.3, -0.25) is 9.36 Å². The molecule has 1 fully saturated rings. The third-order valence-corrected chi connectivity index (χ3v) is 6.37. The fraction of sp³-hybridized carbons (Fsp3) is 0.200. The van der Waals surface area contributed by atoms with Crippen LogP contribution in [0.2, 0.25) is 0 Å². The summed E-state index contributed by atoms with van der Waals surface area (Å²) in [6.45, 7) is 2.26. The third kappa shape index (κ3) is 3.00. The molecule has 0 unspecified atom stereocenters. The maximum Gasteiger partial charge on any atom is 0.185 e. The fourth-order valence-corrected chi connectivity index (χ4v) is 4.64. The zero-order chi connectivity index (χ0) is 21.7. The van der Waals surface area contributed by atoms with Crippen LogP contribution >= 0.6 is 0 Å². The van der Waals surface area contributed by atoms with Crippen molar-refractivity contribution in [2.45, 2.75) is 19.4 Å². The van der Waals surface area contributed by atoms with Gasteiger partial charge in [0, 0.05) is 49.9 Å². The van der Waals surface area contributed by atoms with Crippen molar-refractivity contribution in [3.05, 3.63) is 72.2 Å². The molecule has 0 saturated carbocycles. The summed E-state index contributed by atoms with van der Waals surface area (Å²) in [4.78, 5) is 13.9. The predicted octanol–water partition coefficient (Wildman–Crippen LogP) is 3.81. The van der Waals surface area contributed by atoms with Gasteiger partial charge in [0.05, 0.1) is 23.0 Å². The van der Waals surface area contributed by atoms with Gasteiger partial charge in [0.15, 0.2) is 5.82 Å². The first-order valence-electron chi connectivity index (χ1n) is 10.7. The average Bonchev–Trinajstić information content (AvgIpc) is 3.45. The number of fused-ring (bicyclic) bond motifs is 5. The molecule has 7 heteroatoms. The number of nitriles is 1. The highest BCUT2D eigenvalue weighted by atomic mass is 16.1. The molecule has 0 bridgehead atoms. The number of piperidine rings is 1. The molecule has 0 radical (unpaired) electrons. The normalized spacial score (nSPS) is 14.8. The molecule has 4 aromatic rings. The minimum absolute atomic E-state index is 0.345. The average molecular weight is 420 g/mol. The van der Waals surface area contributed by atoms with E-state index in [1.165, 1.54) is 5.56 Å². The molecule has 1 saturated heterocycles. The van der Waals surface area contributed by atoms with Crippen LogP contribution in [0.25, 0.3) is 28.3 Å². The van der Waals surface area contributed by atoms with Gasteiger partial charge in [-0.05, 0) is 47.5 Å². The summed E-state index contributed by atoms with van der Waals surface area (Å²) in [5.41, 5.74) is 7.19. The highest BCUT2D eigenvalue weighted by Crippen LogP contribution is 2.35. The summed E-state index contributed by atoms with van der Waals surface area (Å²) in [5.74, 6) is 1.15. The number of anilines is 1. The van der Waals surface area contributed by atoms with E-state index in [0.29, 0.717) is 30.7 Å². The van der Waals surface area contributed by atoms with E-state index in [2.05, 4.69) is 56.2 Å². The summed E-state index contributed by atoms with van der Waals surface area (Å²) in [6.07, 6.45) is 5.12. The minimum atomic E-state index is 0.345. The van der Waals surface area contributed by atoms with Gasteiger partial charge in [-0.2, -0.15) is 5.26 Å². The number of carbonyl (C=O) groups is 1. The maximum atomic E-state index is 11.7. The number of Topliss-reactive ketones (excluding diaryl/α,β-unsaturated/α-hetero) is 1. The molecule has 0 spiro atoms.